The van der Waals surface area contributed by atoms with Crippen LogP contribution >= 0.6 is 12.2 Å². The third-order valence-electron chi connectivity index (χ3n) is 4.36. The second-order valence-corrected chi connectivity index (χ2v) is 7.95. The number of amides is 2. The molecule has 0 saturated heterocycles. The number of benzene rings is 2. The van der Waals surface area contributed by atoms with Crippen LogP contribution in [0.4, 0.5) is 0 Å². The fourth-order valence-electron chi connectivity index (χ4n) is 2.53. The van der Waals surface area contributed by atoms with Crippen molar-refractivity contribution in [2.45, 2.75) is 27.2 Å². The zero-order valence-electron chi connectivity index (χ0n) is 19.4. The van der Waals surface area contributed by atoms with Crippen molar-refractivity contribution in [3.63, 3.8) is 0 Å². The lowest BCUT2D eigenvalue weighted by atomic mass is 10.1. The average molecular weight is 488 g/mol. The van der Waals surface area contributed by atoms with Crippen LogP contribution < -0.4 is 25.6 Å². The number of carbonyl (C=O) groups excluding carboxylic acids is 3. The summed E-state index contributed by atoms with van der Waals surface area (Å²) in [7, 11) is 0. The molecule has 0 saturated carbocycles. The molecule has 3 N–H and O–H groups in total. The highest BCUT2D eigenvalue weighted by molar-refractivity contribution is 7.80. The molecule has 2 rings (SSSR count). The van der Waals surface area contributed by atoms with Gasteiger partial charge in [-0.15, -0.1) is 0 Å². The highest BCUT2D eigenvalue weighted by Crippen LogP contribution is 2.14. The van der Waals surface area contributed by atoms with Crippen LogP contribution in [0, 0.1) is 5.92 Å². The molecule has 0 fully saturated rings. The van der Waals surface area contributed by atoms with E-state index < -0.39 is 17.8 Å². The molecule has 0 aliphatic rings. The van der Waals surface area contributed by atoms with Crippen LogP contribution in [-0.4, -0.2) is 42.7 Å². The van der Waals surface area contributed by atoms with E-state index in [1.165, 1.54) is 0 Å². The van der Waals surface area contributed by atoms with Crippen molar-refractivity contribution in [3.05, 3.63) is 59.7 Å². The van der Waals surface area contributed by atoms with Gasteiger partial charge in [0, 0.05) is 5.56 Å². The van der Waals surface area contributed by atoms with Crippen molar-refractivity contribution >= 4 is 35.1 Å². The third-order valence-corrected chi connectivity index (χ3v) is 4.56. The summed E-state index contributed by atoms with van der Waals surface area (Å²) in [5.74, 6) is 0.247. The predicted octanol–water partition coefficient (Wildman–Crippen LogP) is 3.00. The Kier molecular flexibility index (Phi) is 10.8. The van der Waals surface area contributed by atoms with Gasteiger partial charge in [-0.2, -0.15) is 0 Å². The third kappa shape index (κ3) is 9.45. The minimum Gasteiger partial charge on any atom is -0.494 e. The Morgan fingerprint density at radius 2 is 1.47 bits per heavy atom. The van der Waals surface area contributed by atoms with E-state index >= 15 is 0 Å². The van der Waals surface area contributed by atoms with Crippen LogP contribution in [0.2, 0.25) is 0 Å². The van der Waals surface area contributed by atoms with Gasteiger partial charge >= 0.3 is 5.97 Å². The molecule has 2 aromatic rings. The summed E-state index contributed by atoms with van der Waals surface area (Å²) in [5.41, 5.74) is 5.55. The number of thiocarbonyl (C=S) groups is 1. The number of hydrogen-bond acceptors (Lipinski definition) is 7. The SMILES string of the molecule is CCOC(=O)c1ccc(OCC(=O)NNC(=S)NC(=O)c2ccc(OCCC(C)C)cc2)cc1. The van der Waals surface area contributed by atoms with Gasteiger partial charge in [-0.25, -0.2) is 4.79 Å². The Hall–Kier alpha value is -3.66. The van der Waals surface area contributed by atoms with Gasteiger partial charge in [-0.05, 0) is 80.0 Å². The zero-order chi connectivity index (χ0) is 24.9. The fourth-order valence-corrected chi connectivity index (χ4v) is 2.68. The first-order valence-corrected chi connectivity index (χ1v) is 11.2. The normalized spacial score (nSPS) is 10.2. The summed E-state index contributed by atoms with van der Waals surface area (Å²) in [4.78, 5) is 35.9. The molecular weight excluding hydrogens is 458 g/mol. The van der Waals surface area contributed by atoms with Crippen molar-refractivity contribution in [1.29, 1.82) is 0 Å². The van der Waals surface area contributed by atoms with Gasteiger partial charge in [0.2, 0.25) is 0 Å². The Bertz CT molecular complexity index is 977. The van der Waals surface area contributed by atoms with Crippen LogP contribution in [0.25, 0.3) is 0 Å². The van der Waals surface area contributed by atoms with Crippen molar-refractivity contribution in [1.82, 2.24) is 16.2 Å². The lowest BCUT2D eigenvalue weighted by molar-refractivity contribution is -0.123. The molecule has 34 heavy (non-hydrogen) atoms. The van der Waals surface area contributed by atoms with Gasteiger partial charge in [-0.3, -0.25) is 25.8 Å². The van der Waals surface area contributed by atoms with Crippen LogP contribution in [0.5, 0.6) is 11.5 Å². The first-order valence-electron chi connectivity index (χ1n) is 10.8. The van der Waals surface area contributed by atoms with Gasteiger partial charge in [0.15, 0.2) is 11.7 Å². The highest BCUT2D eigenvalue weighted by atomic mass is 32.1. The van der Waals surface area contributed by atoms with E-state index in [0.29, 0.717) is 35.2 Å². The van der Waals surface area contributed by atoms with E-state index in [4.69, 9.17) is 26.4 Å². The summed E-state index contributed by atoms with van der Waals surface area (Å²) in [6, 6.07) is 12.9. The molecule has 0 spiro atoms. The minimum absolute atomic E-state index is 0.0746. The van der Waals surface area contributed by atoms with Crippen LogP contribution in [0.15, 0.2) is 48.5 Å². The van der Waals surface area contributed by atoms with E-state index in [1.54, 1.807) is 55.5 Å². The smallest absolute Gasteiger partial charge is 0.338 e. The van der Waals surface area contributed by atoms with Crippen LogP contribution in [0.3, 0.4) is 0 Å². The Labute approximate surface area is 204 Å². The Morgan fingerprint density at radius 1 is 0.882 bits per heavy atom. The van der Waals surface area contributed by atoms with E-state index in [9.17, 15) is 14.4 Å². The molecule has 0 heterocycles. The van der Waals surface area contributed by atoms with Crippen molar-refractivity contribution in [3.8, 4) is 11.5 Å². The maximum absolute atomic E-state index is 12.3. The zero-order valence-corrected chi connectivity index (χ0v) is 20.2. The first-order chi connectivity index (χ1) is 16.3. The highest BCUT2D eigenvalue weighted by Gasteiger charge is 2.10. The van der Waals surface area contributed by atoms with E-state index in [-0.39, 0.29) is 18.3 Å². The van der Waals surface area contributed by atoms with Gasteiger partial charge in [-0.1, -0.05) is 13.8 Å². The Morgan fingerprint density at radius 3 is 2.06 bits per heavy atom. The molecule has 0 radical (unpaired) electrons. The van der Waals surface area contributed by atoms with Gasteiger partial charge in [0.1, 0.15) is 11.5 Å². The van der Waals surface area contributed by atoms with E-state index in [1.807, 2.05) is 0 Å². The largest absolute Gasteiger partial charge is 0.494 e. The van der Waals surface area contributed by atoms with Gasteiger partial charge in [0.05, 0.1) is 18.8 Å². The number of rotatable bonds is 10. The number of carbonyl (C=O) groups is 3. The second-order valence-electron chi connectivity index (χ2n) is 7.55. The molecule has 0 aliphatic heterocycles. The van der Waals surface area contributed by atoms with Crippen LogP contribution in [-0.2, 0) is 9.53 Å². The summed E-state index contributed by atoms with van der Waals surface area (Å²) >= 11 is 5.03. The topological polar surface area (TPSA) is 115 Å². The molecule has 0 aromatic heterocycles. The maximum atomic E-state index is 12.3. The molecule has 9 nitrogen and oxygen atoms in total. The Balaban J connectivity index is 1.70. The monoisotopic (exact) mass is 487 g/mol. The minimum atomic E-state index is -0.519. The van der Waals surface area contributed by atoms with Gasteiger partial charge in [0.25, 0.3) is 11.8 Å². The summed E-state index contributed by atoms with van der Waals surface area (Å²) in [5, 5.41) is 2.40. The molecular formula is C24H29N3O6S. The average Bonchev–Trinajstić information content (AvgIpc) is 2.82. The number of ether oxygens (including phenoxy) is 3. The molecule has 10 heteroatoms. The number of esters is 1. The number of hydrogen-bond donors (Lipinski definition) is 3. The van der Waals surface area contributed by atoms with E-state index in [0.717, 1.165) is 6.42 Å². The molecule has 2 aromatic carbocycles. The second kappa shape index (κ2) is 13.8. The predicted molar refractivity (Wildman–Crippen MR) is 131 cm³/mol. The molecule has 2 amide bonds. The van der Waals surface area contributed by atoms with Crippen molar-refractivity contribution in [2.75, 3.05) is 19.8 Å². The first kappa shape index (κ1) is 26.6. The number of hydrazine groups is 1. The number of nitrogens with one attached hydrogen (secondary N) is 3. The maximum Gasteiger partial charge on any atom is 0.338 e. The molecule has 0 bridgehead atoms. The van der Waals surface area contributed by atoms with Gasteiger partial charge < -0.3 is 14.2 Å². The molecule has 182 valence electrons. The van der Waals surface area contributed by atoms with E-state index in [2.05, 4.69) is 30.0 Å². The van der Waals surface area contributed by atoms with Crippen molar-refractivity contribution in [2.24, 2.45) is 5.92 Å². The lowest BCUT2D eigenvalue weighted by Crippen LogP contribution is -2.49. The van der Waals surface area contributed by atoms with Crippen molar-refractivity contribution < 1.29 is 28.6 Å². The fraction of sp³-hybridized carbons (Fsp3) is 0.333. The summed E-state index contributed by atoms with van der Waals surface area (Å²) < 4.78 is 15.9. The summed E-state index contributed by atoms with van der Waals surface area (Å²) in [6.45, 7) is 6.56. The molecule has 0 unspecified atom stereocenters. The summed E-state index contributed by atoms with van der Waals surface area (Å²) in [6.07, 6.45) is 0.945. The standard InChI is InChI=1S/C24H29N3O6S/c1-4-31-23(30)18-7-11-20(12-8-18)33-15-21(28)26-27-24(34)25-22(29)17-5-9-19(10-6-17)32-14-13-16(2)3/h5-12,16H,4,13-15H2,1-3H3,(H,26,28)(H2,25,27,29,34). The quantitative estimate of drug-likeness (QED) is 0.266. The lowest BCUT2D eigenvalue weighted by Gasteiger charge is -2.12. The molecule has 0 atom stereocenters. The van der Waals surface area contributed by atoms with Crippen LogP contribution in [0.1, 0.15) is 47.9 Å². The molecule has 0 aliphatic carbocycles.